The van der Waals surface area contributed by atoms with E-state index in [4.69, 9.17) is 4.74 Å². The number of carbonyl (C=O) groups is 2. The third kappa shape index (κ3) is 4.20. The lowest BCUT2D eigenvalue weighted by Crippen LogP contribution is -2.31. The number of carbonyl (C=O) groups excluding carboxylic acids is 2. The number of anilines is 2. The molecule has 38 heavy (non-hydrogen) atoms. The van der Waals surface area contributed by atoms with Crippen LogP contribution in [0.5, 0.6) is 0 Å². The predicted molar refractivity (Wildman–Crippen MR) is 147 cm³/mol. The van der Waals surface area contributed by atoms with Crippen molar-refractivity contribution in [1.29, 1.82) is 0 Å². The molecule has 2 aromatic carbocycles. The third-order valence-electron chi connectivity index (χ3n) is 7.18. The highest BCUT2D eigenvalue weighted by Gasteiger charge is 2.27. The number of aromatic nitrogens is 3. The Balaban J connectivity index is 1.41. The topological polar surface area (TPSA) is 110 Å². The summed E-state index contributed by atoms with van der Waals surface area (Å²) in [5, 5.41) is 10.2. The van der Waals surface area contributed by atoms with Crippen LogP contribution in [0.25, 0.3) is 33.4 Å². The summed E-state index contributed by atoms with van der Waals surface area (Å²) in [5.74, 6) is 0.382. The van der Waals surface area contributed by atoms with E-state index in [2.05, 4.69) is 37.1 Å². The molecule has 2 aromatic heterocycles. The molecular weight excluding hydrogens is 480 g/mol. The van der Waals surface area contributed by atoms with Gasteiger partial charge >= 0.3 is 0 Å². The monoisotopic (exact) mass is 508 g/mol. The molecule has 4 aromatic rings. The lowest BCUT2D eigenvalue weighted by molar-refractivity contribution is -0.111. The summed E-state index contributed by atoms with van der Waals surface area (Å²) in [6, 6.07) is 13.5. The van der Waals surface area contributed by atoms with Gasteiger partial charge in [-0.1, -0.05) is 24.8 Å². The first-order valence-electron chi connectivity index (χ1n) is 12.7. The van der Waals surface area contributed by atoms with Gasteiger partial charge in [-0.15, -0.1) is 0 Å². The summed E-state index contributed by atoms with van der Waals surface area (Å²) < 4.78 is 7.70. The quantitative estimate of drug-likeness (QED) is 0.336. The van der Waals surface area contributed by atoms with Crippen LogP contribution in [0.4, 0.5) is 11.5 Å². The molecule has 192 valence electrons. The van der Waals surface area contributed by atoms with Gasteiger partial charge in [-0.2, -0.15) is 0 Å². The Labute approximate surface area is 219 Å². The Kier molecular flexibility index (Phi) is 6.13. The molecule has 9 heteroatoms. The number of fused-ring (bicyclic) bond motifs is 2. The Hall–Kier alpha value is -4.50. The Morgan fingerprint density at radius 2 is 2.05 bits per heavy atom. The van der Waals surface area contributed by atoms with Crippen molar-refractivity contribution in [3.8, 4) is 22.4 Å². The molecule has 0 radical (unpaired) electrons. The highest BCUT2D eigenvalue weighted by Crippen LogP contribution is 2.45. The van der Waals surface area contributed by atoms with E-state index in [0.29, 0.717) is 24.3 Å². The highest BCUT2D eigenvalue weighted by atomic mass is 16.5. The molecule has 1 fully saturated rings. The van der Waals surface area contributed by atoms with Gasteiger partial charge in [0.2, 0.25) is 5.91 Å². The fraction of sp³-hybridized carbons (Fsp3) is 0.241. The van der Waals surface area contributed by atoms with Crippen molar-refractivity contribution in [2.24, 2.45) is 7.05 Å². The molecular formula is C29H28N6O3. The van der Waals surface area contributed by atoms with Crippen LogP contribution >= 0.6 is 0 Å². The van der Waals surface area contributed by atoms with Crippen molar-refractivity contribution in [2.45, 2.75) is 25.5 Å². The van der Waals surface area contributed by atoms with Crippen LogP contribution in [0, 0.1) is 0 Å². The lowest BCUT2D eigenvalue weighted by atomic mass is 9.94. The van der Waals surface area contributed by atoms with E-state index < -0.39 is 0 Å². The maximum Gasteiger partial charge on any atom is 0.251 e. The van der Waals surface area contributed by atoms with Gasteiger partial charge in [-0.3, -0.25) is 9.59 Å². The molecule has 1 atom stereocenters. The van der Waals surface area contributed by atoms with Crippen molar-refractivity contribution < 1.29 is 14.3 Å². The largest absolute Gasteiger partial charge is 0.376 e. The van der Waals surface area contributed by atoms with Crippen molar-refractivity contribution in [3.05, 3.63) is 72.6 Å². The van der Waals surface area contributed by atoms with Gasteiger partial charge in [0, 0.05) is 43.6 Å². The number of nitrogens with one attached hydrogen (secondary N) is 3. The van der Waals surface area contributed by atoms with Crippen LogP contribution in [-0.2, 0) is 23.1 Å². The average Bonchev–Trinajstić information content (AvgIpc) is 3.53. The second-order valence-electron chi connectivity index (χ2n) is 9.54. The van der Waals surface area contributed by atoms with E-state index in [1.165, 1.54) is 6.08 Å². The summed E-state index contributed by atoms with van der Waals surface area (Å²) in [6.07, 6.45) is 4.90. The van der Waals surface area contributed by atoms with Gasteiger partial charge in [-0.05, 0) is 59.9 Å². The zero-order valence-corrected chi connectivity index (χ0v) is 21.1. The molecule has 1 saturated heterocycles. The second-order valence-corrected chi connectivity index (χ2v) is 9.54. The molecule has 3 N–H and O–H groups in total. The van der Waals surface area contributed by atoms with Crippen LogP contribution in [0.3, 0.4) is 0 Å². The van der Waals surface area contributed by atoms with E-state index in [1.807, 2.05) is 49.5 Å². The lowest BCUT2D eigenvalue weighted by Gasteiger charge is -2.14. The Morgan fingerprint density at radius 1 is 1.21 bits per heavy atom. The summed E-state index contributed by atoms with van der Waals surface area (Å²) in [5.41, 5.74) is 7.07. The molecule has 2 amide bonds. The number of nitrogens with zero attached hydrogens (tertiary/aromatic N) is 3. The van der Waals surface area contributed by atoms with Gasteiger partial charge in [0.05, 0.1) is 17.2 Å². The summed E-state index contributed by atoms with van der Waals surface area (Å²) >= 11 is 0. The molecule has 6 rings (SSSR count). The summed E-state index contributed by atoms with van der Waals surface area (Å²) in [7, 11) is 1.99. The molecule has 2 aliphatic rings. The van der Waals surface area contributed by atoms with Crippen molar-refractivity contribution in [2.75, 3.05) is 23.8 Å². The fourth-order valence-corrected chi connectivity index (χ4v) is 5.31. The van der Waals surface area contributed by atoms with E-state index >= 15 is 0 Å². The summed E-state index contributed by atoms with van der Waals surface area (Å²) in [4.78, 5) is 33.8. The first-order chi connectivity index (χ1) is 18.5. The van der Waals surface area contributed by atoms with Gasteiger partial charge in [-0.25, -0.2) is 9.97 Å². The number of benzene rings is 2. The normalized spacial score (nSPS) is 15.9. The predicted octanol–water partition coefficient (Wildman–Crippen LogP) is 4.26. The van der Waals surface area contributed by atoms with Crippen molar-refractivity contribution in [1.82, 2.24) is 19.9 Å². The molecule has 0 bridgehead atoms. The number of aryl methyl sites for hydroxylation is 1. The smallest absolute Gasteiger partial charge is 0.251 e. The minimum absolute atomic E-state index is 0.0890. The van der Waals surface area contributed by atoms with E-state index in [0.717, 1.165) is 64.2 Å². The van der Waals surface area contributed by atoms with Gasteiger partial charge < -0.3 is 25.3 Å². The minimum Gasteiger partial charge on any atom is -0.376 e. The zero-order chi connectivity index (χ0) is 26.2. The maximum atomic E-state index is 13.0. The Bertz CT molecular complexity index is 1570. The van der Waals surface area contributed by atoms with Crippen LogP contribution in [0.15, 0.2) is 61.4 Å². The van der Waals surface area contributed by atoms with Crippen molar-refractivity contribution in [3.63, 3.8) is 0 Å². The van der Waals surface area contributed by atoms with Crippen molar-refractivity contribution >= 4 is 34.4 Å². The van der Waals surface area contributed by atoms with Crippen LogP contribution < -0.4 is 16.0 Å². The minimum atomic E-state index is -0.260. The first kappa shape index (κ1) is 23.9. The first-order valence-corrected chi connectivity index (χ1v) is 12.7. The molecule has 0 saturated carbocycles. The average molecular weight is 509 g/mol. The van der Waals surface area contributed by atoms with Gasteiger partial charge in [0.15, 0.2) is 0 Å². The number of rotatable bonds is 6. The van der Waals surface area contributed by atoms with Gasteiger partial charge in [0.1, 0.15) is 17.8 Å². The van der Waals surface area contributed by atoms with Crippen LogP contribution in [-0.4, -0.2) is 45.6 Å². The molecule has 0 spiro atoms. The second kappa shape index (κ2) is 9.75. The number of hydrogen-bond donors (Lipinski definition) is 3. The number of ether oxygens (including phenoxy) is 1. The standard InChI is InChI=1S/C29H28N6O3/c1-3-23(36)34-20-9-6-17(7-10-20)26-24-22-11-8-18(29(37)31-15-21-5-4-12-38-21)13-19(22)14-30-27-25(24)28(35(26)2)33-16-32-27/h3,6-11,13,16,21H,1,4-5,12,14-15H2,2H3,(H,31,37)(H,34,36)(H,30,32,33). The maximum absolute atomic E-state index is 13.0. The molecule has 0 aliphatic carbocycles. The zero-order valence-electron chi connectivity index (χ0n) is 21.1. The Morgan fingerprint density at radius 3 is 2.82 bits per heavy atom. The van der Waals surface area contributed by atoms with Crippen LogP contribution in [0.2, 0.25) is 0 Å². The summed E-state index contributed by atoms with van der Waals surface area (Å²) in [6.45, 7) is 5.31. The molecule has 9 nitrogen and oxygen atoms in total. The molecule has 4 heterocycles. The number of amides is 2. The molecule has 2 aliphatic heterocycles. The van der Waals surface area contributed by atoms with E-state index in [-0.39, 0.29) is 17.9 Å². The van der Waals surface area contributed by atoms with Gasteiger partial charge in [0.25, 0.3) is 5.91 Å². The SMILES string of the molecule is C=CC(=O)Nc1ccc(-c2c3c4c(ncnc4n2C)NCc2cc(C(=O)NCC4CCCO4)ccc2-3)cc1. The van der Waals surface area contributed by atoms with Crippen LogP contribution in [0.1, 0.15) is 28.8 Å². The molecule has 1 unspecified atom stereocenters. The van der Waals surface area contributed by atoms with E-state index in [9.17, 15) is 9.59 Å². The third-order valence-corrected chi connectivity index (χ3v) is 7.18. The highest BCUT2D eigenvalue weighted by molar-refractivity contribution is 6.10. The fourth-order valence-electron chi connectivity index (χ4n) is 5.31. The number of hydrogen-bond acceptors (Lipinski definition) is 6. The van der Waals surface area contributed by atoms with E-state index in [1.54, 1.807) is 6.33 Å².